The fourth-order valence-corrected chi connectivity index (χ4v) is 1.84. The molecule has 1 saturated heterocycles. The van der Waals surface area contributed by atoms with E-state index in [2.05, 4.69) is 21.2 Å². The minimum atomic E-state index is -0.575. The lowest BCUT2D eigenvalue weighted by Crippen LogP contribution is -2.53. The number of hydrogen-bond donors (Lipinski definition) is 1. The molecule has 1 aromatic carbocycles. The van der Waals surface area contributed by atoms with Crippen LogP contribution < -0.4 is 5.32 Å². The van der Waals surface area contributed by atoms with Crippen molar-refractivity contribution in [1.29, 1.82) is 0 Å². The Balaban J connectivity index is 2.22. The summed E-state index contributed by atoms with van der Waals surface area (Å²) in [7, 11) is 0. The van der Waals surface area contributed by atoms with Crippen LogP contribution in [0.4, 0.5) is 4.39 Å². The Morgan fingerprint density at radius 3 is 2.44 bits per heavy atom. The quantitative estimate of drug-likeness (QED) is 0.775. The molecule has 0 spiro atoms. The summed E-state index contributed by atoms with van der Waals surface area (Å²) in [6.07, 6.45) is 0. The Morgan fingerprint density at radius 1 is 1.28 bits per heavy atom. The van der Waals surface area contributed by atoms with Crippen LogP contribution in [0.25, 0.3) is 0 Å². The summed E-state index contributed by atoms with van der Waals surface area (Å²) in [5, 5.41) is 2.08. The van der Waals surface area contributed by atoms with Gasteiger partial charge < -0.3 is 4.90 Å². The van der Waals surface area contributed by atoms with Crippen molar-refractivity contribution in [3.05, 3.63) is 34.1 Å². The van der Waals surface area contributed by atoms with Gasteiger partial charge in [-0.2, -0.15) is 0 Å². The van der Waals surface area contributed by atoms with Gasteiger partial charge in [0.1, 0.15) is 18.9 Å². The van der Waals surface area contributed by atoms with E-state index in [4.69, 9.17) is 0 Å². The van der Waals surface area contributed by atoms with E-state index in [1.807, 2.05) is 0 Å². The van der Waals surface area contributed by atoms with E-state index in [-0.39, 0.29) is 23.1 Å². The van der Waals surface area contributed by atoms with Gasteiger partial charge in [-0.3, -0.25) is 19.7 Å². The normalized spacial score (nSPS) is 15.6. The second-order valence-electron chi connectivity index (χ2n) is 3.76. The zero-order valence-electron chi connectivity index (χ0n) is 9.07. The number of carbonyl (C=O) groups is 3. The SMILES string of the molecule is O=C1CN(C(=O)c2ccc(Br)c(F)c2)CC(=O)N1. The number of nitrogens with zero attached hydrogens (tertiary/aromatic N) is 1. The fraction of sp³-hybridized carbons (Fsp3) is 0.182. The molecule has 1 aliphatic heterocycles. The molecule has 1 heterocycles. The van der Waals surface area contributed by atoms with Gasteiger partial charge in [0, 0.05) is 5.56 Å². The third-order valence-corrected chi connectivity index (χ3v) is 3.04. The van der Waals surface area contributed by atoms with Crippen LogP contribution >= 0.6 is 15.9 Å². The molecule has 5 nitrogen and oxygen atoms in total. The Morgan fingerprint density at radius 2 is 1.89 bits per heavy atom. The van der Waals surface area contributed by atoms with Crippen LogP contribution in [0.1, 0.15) is 10.4 Å². The molecule has 7 heteroatoms. The average Bonchev–Trinajstić information content (AvgIpc) is 2.30. The van der Waals surface area contributed by atoms with Crippen molar-refractivity contribution in [2.75, 3.05) is 13.1 Å². The standard InChI is InChI=1S/C11H8BrFN2O3/c12-7-2-1-6(3-8(7)13)11(18)15-4-9(16)14-10(17)5-15/h1-3H,4-5H2,(H,14,16,17). The van der Waals surface area contributed by atoms with Gasteiger partial charge in [0.15, 0.2) is 0 Å². The highest BCUT2D eigenvalue weighted by atomic mass is 79.9. The molecule has 1 N–H and O–H groups in total. The summed E-state index contributed by atoms with van der Waals surface area (Å²) in [6, 6.07) is 3.88. The van der Waals surface area contributed by atoms with Crippen LogP contribution in [-0.4, -0.2) is 35.7 Å². The molecule has 0 bridgehead atoms. The minimum Gasteiger partial charge on any atom is -0.320 e. The summed E-state index contributed by atoms with van der Waals surface area (Å²) in [5.41, 5.74) is 0.0956. The van der Waals surface area contributed by atoms with E-state index in [0.29, 0.717) is 0 Å². The van der Waals surface area contributed by atoms with Gasteiger partial charge in [-0.1, -0.05) is 0 Å². The number of hydrogen-bond acceptors (Lipinski definition) is 3. The molecule has 18 heavy (non-hydrogen) atoms. The second kappa shape index (κ2) is 4.85. The van der Waals surface area contributed by atoms with E-state index in [1.165, 1.54) is 12.1 Å². The van der Waals surface area contributed by atoms with Gasteiger partial charge >= 0.3 is 0 Å². The summed E-state index contributed by atoms with van der Waals surface area (Å²) in [4.78, 5) is 35.3. The lowest BCUT2D eigenvalue weighted by molar-refractivity contribution is -0.135. The van der Waals surface area contributed by atoms with E-state index in [9.17, 15) is 18.8 Å². The van der Waals surface area contributed by atoms with Gasteiger partial charge in [0.05, 0.1) is 4.47 Å². The van der Waals surface area contributed by atoms with Gasteiger partial charge in [-0.05, 0) is 34.1 Å². The predicted molar refractivity (Wildman–Crippen MR) is 63.2 cm³/mol. The van der Waals surface area contributed by atoms with E-state index >= 15 is 0 Å². The third-order valence-electron chi connectivity index (χ3n) is 2.40. The van der Waals surface area contributed by atoms with Gasteiger partial charge in [-0.15, -0.1) is 0 Å². The molecule has 2 rings (SSSR count). The van der Waals surface area contributed by atoms with Crippen molar-refractivity contribution in [1.82, 2.24) is 10.2 Å². The minimum absolute atomic E-state index is 0.0956. The molecule has 0 atom stereocenters. The van der Waals surface area contributed by atoms with Crippen LogP contribution in [0.15, 0.2) is 22.7 Å². The summed E-state index contributed by atoms with van der Waals surface area (Å²) >= 11 is 2.98. The van der Waals surface area contributed by atoms with Crippen molar-refractivity contribution < 1.29 is 18.8 Å². The zero-order valence-corrected chi connectivity index (χ0v) is 10.7. The molecule has 0 saturated carbocycles. The van der Waals surface area contributed by atoms with Gasteiger partial charge in [0.2, 0.25) is 11.8 Å². The van der Waals surface area contributed by atoms with E-state index < -0.39 is 23.5 Å². The smallest absolute Gasteiger partial charge is 0.254 e. The second-order valence-corrected chi connectivity index (χ2v) is 4.62. The van der Waals surface area contributed by atoms with Gasteiger partial charge in [-0.25, -0.2) is 4.39 Å². The summed E-state index contributed by atoms with van der Waals surface area (Å²) in [5.74, 6) is -2.22. The van der Waals surface area contributed by atoms with Crippen molar-refractivity contribution in [3.8, 4) is 0 Å². The highest BCUT2D eigenvalue weighted by Crippen LogP contribution is 2.17. The third kappa shape index (κ3) is 2.56. The first-order chi connectivity index (χ1) is 8.47. The zero-order chi connectivity index (χ0) is 13.3. The molecule has 0 aromatic heterocycles. The molecular weight excluding hydrogens is 307 g/mol. The maximum Gasteiger partial charge on any atom is 0.254 e. The summed E-state index contributed by atoms with van der Waals surface area (Å²) < 4.78 is 13.5. The lowest BCUT2D eigenvalue weighted by Gasteiger charge is -2.25. The molecular formula is C11H8BrFN2O3. The number of imide groups is 1. The predicted octanol–water partition coefficient (Wildman–Crippen LogP) is 0.687. The monoisotopic (exact) mass is 314 g/mol. The van der Waals surface area contributed by atoms with Crippen molar-refractivity contribution >= 4 is 33.7 Å². The van der Waals surface area contributed by atoms with Crippen LogP contribution in [-0.2, 0) is 9.59 Å². The Kier molecular flexibility index (Phi) is 3.42. The molecule has 0 radical (unpaired) electrons. The molecule has 1 aliphatic rings. The molecule has 0 aliphatic carbocycles. The first-order valence-electron chi connectivity index (χ1n) is 5.04. The van der Waals surface area contributed by atoms with Crippen molar-refractivity contribution in [3.63, 3.8) is 0 Å². The average molecular weight is 315 g/mol. The van der Waals surface area contributed by atoms with E-state index in [1.54, 1.807) is 0 Å². The molecule has 0 unspecified atom stereocenters. The first-order valence-corrected chi connectivity index (χ1v) is 5.83. The van der Waals surface area contributed by atoms with Crippen LogP contribution in [0.3, 0.4) is 0 Å². The molecule has 1 fully saturated rings. The highest BCUT2D eigenvalue weighted by molar-refractivity contribution is 9.10. The van der Waals surface area contributed by atoms with E-state index in [0.717, 1.165) is 11.0 Å². The number of amides is 3. The number of rotatable bonds is 1. The molecule has 3 amide bonds. The maximum atomic E-state index is 13.3. The number of benzene rings is 1. The van der Waals surface area contributed by atoms with Crippen LogP contribution in [0.5, 0.6) is 0 Å². The Labute approximate surface area is 110 Å². The number of nitrogens with one attached hydrogen (secondary N) is 1. The van der Waals surface area contributed by atoms with Crippen LogP contribution in [0.2, 0.25) is 0 Å². The molecule has 94 valence electrons. The van der Waals surface area contributed by atoms with Crippen molar-refractivity contribution in [2.24, 2.45) is 0 Å². The van der Waals surface area contributed by atoms with Gasteiger partial charge in [0.25, 0.3) is 5.91 Å². The first kappa shape index (κ1) is 12.7. The number of halogens is 2. The largest absolute Gasteiger partial charge is 0.320 e. The van der Waals surface area contributed by atoms with Crippen LogP contribution in [0, 0.1) is 5.82 Å². The summed E-state index contributed by atoms with van der Waals surface area (Å²) in [6.45, 7) is -0.412. The number of piperazine rings is 1. The Hall–Kier alpha value is -1.76. The highest BCUT2D eigenvalue weighted by Gasteiger charge is 2.27. The Bertz CT molecular complexity index is 531. The fourth-order valence-electron chi connectivity index (χ4n) is 1.59. The lowest BCUT2D eigenvalue weighted by atomic mass is 10.2. The molecule has 1 aromatic rings. The maximum absolute atomic E-state index is 13.3. The van der Waals surface area contributed by atoms with Crippen molar-refractivity contribution in [2.45, 2.75) is 0 Å². The topological polar surface area (TPSA) is 66.5 Å². The number of carbonyl (C=O) groups excluding carboxylic acids is 3.